The van der Waals surface area contributed by atoms with E-state index in [0.717, 1.165) is 12.1 Å². The summed E-state index contributed by atoms with van der Waals surface area (Å²) in [6.45, 7) is 0.799. The second-order valence-electron chi connectivity index (χ2n) is 6.59. The van der Waals surface area contributed by atoms with Crippen molar-refractivity contribution >= 4 is 34.8 Å². The van der Waals surface area contributed by atoms with Crippen LogP contribution in [0, 0.1) is 5.82 Å². The van der Waals surface area contributed by atoms with Crippen molar-refractivity contribution in [3.05, 3.63) is 52.3 Å². The summed E-state index contributed by atoms with van der Waals surface area (Å²) in [7, 11) is 0. The van der Waals surface area contributed by atoms with E-state index >= 15 is 0 Å². The predicted molar refractivity (Wildman–Crippen MR) is 100.0 cm³/mol. The monoisotopic (exact) mass is 460 g/mol. The number of benzene rings is 1. The first-order valence-corrected chi connectivity index (χ1v) is 10.2. The molecule has 0 saturated heterocycles. The minimum absolute atomic E-state index is 0.0207. The van der Waals surface area contributed by atoms with Gasteiger partial charge in [0, 0.05) is 30.5 Å². The van der Waals surface area contributed by atoms with Crippen molar-refractivity contribution in [3.63, 3.8) is 0 Å². The van der Waals surface area contributed by atoms with E-state index in [9.17, 15) is 26.9 Å². The normalized spacial score (nSPS) is 18.1. The Hall–Kier alpha value is -2.37. The Kier molecular flexibility index (Phi) is 5.37. The minimum Gasteiger partial charge on any atom is -0.605 e. The zero-order chi connectivity index (χ0) is 21.6. The minimum atomic E-state index is -4.86. The van der Waals surface area contributed by atoms with E-state index in [0.29, 0.717) is 24.1 Å². The molecule has 0 amide bonds. The lowest BCUT2D eigenvalue weighted by Crippen LogP contribution is -2.36. The van der Waals surface area contributed by atoms with E-state index in [4.69, 9.17) is 11.6 Å². The van der Waals surface area contributed by atoms with Crippen molar-refractivity contribution in [1.82, 2.24) is 14.5 Å². The molecule has 1 aromatic carbocycles. The summed E-state index contributed by atoms with van der Waals surface area (Å²) >= 11 is 3.86. The number of dihydropyridines is 1. The number of imidazole rings is 1. The molecule has 1 atom stereocenters. The predicted octanol–water partition coefficient (Wildman–Crippen LogP) is 3.13. The highest BCUT2D eigenvalue weighted by Gasteiger charge is 2.40. The summed E-state index contributed by atoms with van der Waals surface area (Å²) in [6, 6.07) is 2.04. The van der Waals surface area contributed by atoms with Crippen molar-refractivity contribution in [2.75, 3.05) is 13.1 Å². The van der Waals surface area contributed by atoms with Gasteiger partial charge in [0.15, 0.2) is 10.7 Å². The smallest absolute Gasteiger partial charge is 0.421 e. The maximum Gasteiger partial charge on any atom is 0.421 e. The van der Waals surface area contributed by atoms with E-state index in [1.807, 2.05) is 0 Å². The maximum atomic E-state index is 13.4. The number of aromatic nitrogens is 2. The summed E-state index contributed by atoms with van der Waals surface area (Å²) in [5.41, 5.74) is -0.842. The Morgan fingerprint density at radius 1 is 1.23 bits per heavy atom. The van der Waals surface area contributed by atoms with Crippen LogP contribution in [0.15, 0.2) is 50.0 Å². The van der Waals surface area contributed by atoms with Gasteiger partial charge in [-0.1, -0.05) is 11.6 Å². The van der Waals surface area contributed by atoms with Gasteiger partial charge in [-0.25, -0.2) is 9.37 Å². The standard InChI is InChI=1S/C18H13ClF4N4O2S/c19-17-12(6-24-7-13(17)28)26-3-4-27-15(9-26)25-8-16(27)30(29)14-2-1-10(20)5-11(14)18(21,22)23/h1-2,5-6,8H,3-4,7,9H2. The highest BCUT2D eigenvalue weighted by atomic mass is 35.5. The molecule has 12 heteroatoms. The number of rotatable bonds is 3. The van der Waals surface area contributed by atoms with Gasteiger partial charge < -0.3 is 9.45 Å². The average Bonchev–Trinajstić information content (AvgIpc) is 3.12. The van der Waals surface area contributed by atoms with Crippen molar-refractivity contribution in [2.45, 2.75) is 29.2 Å². The summed E-state index contributed by atoms with van der Waals surface area (Å²) in [5, 5.41) is 0.144. The molecule has 1 aromatic heterocycles. The van der Waals surface area contributed by atoms with Crippen LogP contribution in [-0.2, 0) is 35.2 Å². The van der Waals surface area contributed by atoms with Gasteiger partial charge in [-0.3, -0.25) is 14.4 Å². The molecule has 158 valence electrons. The van der Waals surface area contributed by atoms with E-state index in [1.165, 1.54) is 12.4 Å². The number of halogens is 5. The number of carbonyl (C=O) groups excluding carboxylic acids is 1. The molecular formula is C18H13ClF4N4O2S. The number of allylic oxidation sites excluding steroid dienone is 1. The zero-order valence-electron chi connectivity index (χ0n) is 15.1. The van der Waals surface area contributed by atoms with Gasteiger partial charge >= 0.3 is 6.18 Å². The van der Waals surface area contributed by atoms with E-state index in [2.05, 4.69) is 9.98 Å². The van der Waals surface area contributed by atoms with Gasteiger partial charge in [-0.2, -0.15) is 13.2 Å². The summed E-state index contributed by atoms with van der Waals surface area (Å²) in [5.74, 6) is -0.924. The zero-order valence-corrected chi connectivity index (χ0v) is 16.7. The number of carbonyl (C=O) groups is 1. The molecule has 0 bridgehead atoms. The van der Waals surface area contributed by atoms with Gasteiger partial charge in [0.2, 0.25) is 0 Å². The Bertz CT molecular complexity index is 1080. The van der Waals surface area contributed by atoms with Gasteiger partial charge in [0.25, 0.3) is 5.03 Å². The Labute approximate surface area is 176 Å². The quantitative estimate of drug-likeness (QED) is 0.521. The van der Waals surface area contributed by atoms with Crippen LogP contribution in [0.3, 0.4) is 0 Å². The lowest BCUT2D eigenvalue weighted by atomic mass is 10.2. The van der Waals surface area contributed by atoms with Crippen molar-refractivity contribution in [2.24, 2.45) is 4.99 Å². The third-order valence-electron chi connectivity index (χ3n) is 4.72. The van der Waals surface area contributed by atoms with E-state index in [-0.39, 0.29) is 35.5 Å². The van der Waals surface area contributed by atoms with Crippen LogP contribution in [0.5, 0.6) is 0 Å². The van der Waals surface area contributed by atoms with Crippen LogP contribution >= 0.6 is 11.6 Å². The number of aliphatic imine (C=N–C) groups is 1. The lowest BCUT2D eigenvalue weighted by molar-refractivity contribution is -0.140. The first-order valence-electron chi connectivity index (χ1n) is 8.67. The van der Waals surface area contributed by atoms with Crippen LogP contribution in [0.4, 0.5) is 17.6 Å². The van der Waals surface area contributed by atoms with Gasteiger partial charge in [0.1, 0.15) is 35.0 Å². The number of Topliss-reactive ketones (excluding diaryl/α,β-unsaturated/α-hetero) is 1. The molecule has 0 radical (unpaired) electrons. The highest BCUT2D eigenvalue weighted by molar-refractivity contribution is 7.91. The van der Waals surface area contributed by atoms with Crippen LogP contribution in [-0.4, -0.2) is 44.1 Å². The fourth-order valence-electron chi connectivity index (χ4n) is 3.29. The average molecular weight is 461 g/mol. The lowest BCUT2D eigenvalue weighted by Gasteiger charge is -2.31. The number of alkyl halides is 3. The van der Waals surface area contributed by atoms with E-state index in [1.54, 1.807) is 9.47 Å². The van der Waals surface area contributed by atoms with Crippen molar-refractivity contribution in [3.8, 4) is 0 Å². The molecule has 4 rings (SSSR count). The van der Waals surface area contributed by atoms with Gasteiger partial charge in [-0.15, -0.1) is 0 Å². The largest absolute Gasteiger partial charge is 0.605 e. The Morgan fingerprint density at radius 3 is 2.73 bits per heavy atom. The van der Waals surface area contributed by atoms with Crippen LogP contribution in [0.1, 0.15) is 11.4 Å². The van der Waals surface area contributed by atoms with Crippen LogP contribution in [0.2, 0.25) is 0 Å². The molecule has 0 spiro atoms. The number of hydrogen-bond donors (Lipinski definition) is 0. The number of nitrogens with zero attached hydrogens (tertiary/aromatic N) is 4. The Morgan fingerprint density at radius 2 is 2.00 bits per heavy atom. The molecule has 0 fully saturated rings. The molecule has 30 heavy (non-hydrogen) atoms. The Balaban J connectivity index is 1.65. The summed E-state index contributed by atoms with van der Waals surface area (Å²) in [6.07, 6.45) is -2.12. The van der Waals surface area contributed by atoms with Crippen LogP contribution in [0.25, 0.3) is 0 Å². The summed E-state index contributed by atoms with van der Waals surface area (Å²) < 4.78 is 67.8. The third kappa shape index (κ3) is 3.72. The fourth-order valence-corrected chi connectivity index (χ4v) is 4.85. The molecule has 0 aliphatic carbocycles. The van der Waals surface area contributed by atoms with Gasteiger partial charge in [0.05, 0.1) is 12.2 Å². The molecule has 2 aliphatic heterocycles. The molecule has 2 aliphatic rings. The third-order valence-corrected chi connectivity index (χ3v) is 6.59. The first-order chi connectivity index (χ1) is 14.2. The molecule has 6 nitrogen and oxygen atoms in total. The highest BCUT2D eigenvalue weighted by Crippen LogP contribution is 2.37. The number of fused-ring (bicyclic) bond motifs is 1. The van der Waals surface area contributed by atoms with Gasteiger partial charge in [-0.05, 0) is 18.2 Å². The molecule has 3 heterocycles. The topological polar surface area (TPSA) is 73.5 Å². The second-order valence-corrected chi connectivity index (χ2v) is 8.36. The SMILES string of the molecule is O=C1CN=CC(N2CCn3c([S+]([O-])c4ccc(F)cc4C(F)(F)F)cnc3C2)=C1Cl. The molecule has 1 unspecified atom stereocenters. The second kappa shape index (κ2) is 7.71. The molecule has 2 aromatic rings. The fraction of sp³-hybridized carbons (Fsp3) is 0.278. The van der Waals surface area contributed by atoms with Crippen molar-refractivity contribution in [1.29, 1.82) is 0 Å². The van der Waals surface area contributed by atoms with E-state index < -0.39 is 33.6 Å². The maximum absolute atomic E-state index is 13.4. The number of ketones is 1. The van der Waals surface area contributed by atoms with Crippen LogP contribution < -0.4 is 0 Å². The molecular weight excluding hydrogens is 448 g/mol. The summed E-state index contributed by atoms with van der Waals surface area (Å²) in [4.78, 5) is 21.1. The molecule has 0 N–H and O–H groups in total. The van der Waals surface area contributed by atoms with Crippen molar-refractivity contribution < 1.29 is 26.9 Å². The number of hydrogen-bond acceptors (Lipinski definition) is 5. The first kappa shape index (κ1) is 20.9. The molecule has 0 saturated carbocycles.